The van der Waals surface area contributed by atoms with Crippen molar-refractivity contribution in [1.82, 2.24) is 25.4 Å². The molecule has 3 fully saturated rings. The van der Waals surface area contributed by atoms with Crippen LogP contribution in [0.5, 0.6) is 0 Å². The molecule has 9 heteroatoms. The second kappa shape index (κ2) is 10.1. The number of nitrogens with zero attached hydrogens (tertiary/aromatic N) is 3. The van der Waals surface area contributed by atoms with Gasteiger partial charge in [-0.2, -0.15) is 0 Å². The van der Waals surface area contributed by atoms with Crippen LogP contribution in [0.25, 0.3) is 0 Å². The Balaban J connectivity index is 1.33. The maximum Gasteiger partial charge on any atom is 0.322 e. The first-order chi connectivity index (χ1) is 17.1. The molecule has 4 heterocycles. The quantitative estimate of drug-likeness (QED) is 0.612. The summed E-state index contributed by atoms with van der Waals surface area (Å²) in [6.07, 6.45) is 5.17. The highest BCUT2D eigenvalue weighted by Gasteiger charge is 2.52. The molecule has 3 saturated heterocycles. The molecular formula is C26H31N5O4. The zero-order chi connectivity index (χ0) is 24.3. The van der Waals surface area contributed by atoms with Crippen molar-refractivity contribution in [3.63, 3.8) is 0 Å². The highest BCUT2D eigenvalue weighted by atomic mass is 16.5. The Morgan fingerprint density at radius 2 is 1.80 bits per heavy atom. The number of nitrogens with one attached hydrogen (secondary N) is 2. The molecule has 0 bridgehead atoms. The number of urea groups is 1. The van der Waals surface area contributed by atoms with Crippen LogP contribution in [0, 0.1) is 5.92 Å². The van der Waals surface area contributed by atoms with Crippen molar-refractivity contribution < 1.29 is 19.1 Å². The molecule has 35 heavy (non-hydrogen) atoms. The van der Waals surface area contributed by atoms with Gasteiger partial charge in [-0.1, -0.05) is 36.4 Å². The van der Waals surface area contributed by atoms with Gasteiger partial charge >= 0.3 is 6.03 Å². The van der Waals surface area contributed by atoms with Crippen molar-refractivity contribution in [2.24, 2.45) is 5.92 Å². The summed E-state index contributed by atoms with van der Waals surface area (Å²) in [5, 5.41) is 5.39. The maximum atomic E-state index is 13.8. The number of piperidine rings is 1. The highest BCUT2D eigenvalue weighted by molar-refractivity contribution is 6.07. The first-order valence-corrected chi connectivity index (χ1v) is 12.2. The monoisotopic (exact) mass is 477 g/mol. The number of aromatic nitrogens is 1. The van der Waals surface area contributed by atoms with E-state index in [9.17, 15) is 14.4 Å². The van der Waals surface area contributed by atoms with Crippen molar-refractivity contribution in [3.8, 4) is 0 Å². The molecule has 2 atom stereocenters. The van der Waals surface area contributed by atoms with Gasteiger partial charge in [0, 0.05) is 45.0 Å². The second-order valence-corrected chi connectivity index (χ2v) is 9.48. The van der Waals surface area contributed by atoms with Crippen molar-refractivity contribution in [3.05, 3.63) is 66.0 Å². The Morgan fingerprint density at radius 1 is 1.06 bits per heavy atom. The van der Waals surface area contributed by atoms with E-state index in [2.05, 4.69) is 20.5 Å². The summed E-state index contributed by atoms with van der Waals surface area (Å²) < 4.78 is 5.51. The lowest BCUT2D eigenvalue weighted by molar-refractivity contribution is -0.141. The molecule has 2 N–H and O–H groups in total. The number of carbonyl (C=O) groups is 3. The lowest BCUT2D eigenvalue weighted by atomic mass is 9.74. The molecule has 0 aliphatic carbocycles. The molecule has 2 aromatic rings. The Labute approximate surface area is 204 Å². The standard InChI is InChI=1S/C26H31N5O4/c32-23(22(20-7-4-10-27-18-20)30-13-15-35-16-14-30)31-11-8-21(9-12-31)26(24(33)28-25(34)29-26)17-19-5-2-1-3-6-19/h1-7,10,18,21-22H,8-9,11-17H2,(H2,28,29,33,34)/t22-,26-/m1/s1. The SMILES string of the molecule is O=C1NC(=O)[C@@](Cc2ccccc2)(C2CCN(C(=O)[C@@H](c3cccnc3)N3CCOCC3)CC2)N1. The van der Waals surface area contributed by atoms with Crippen LogP contribution < -0.4 is 10.6 Å². The third-order valence-corrected chi connectivity index (χ3v) is 7.44. The fourth-order valence-electron chi connectivity index (χ4n) is 5.63. The fraction of sp³-hybridized carbons (Fsp3) is 0.462. The van der Waals surface area contributed by atoms with Gasteiger partial charge in [-0.3, -0.25) is 24.8 Å². The molecule has 1 aromatic carbocycles. The molecule has 0 unspecified atom stereocenters. The Morgan fingerprint density at radius 3 is 2.43 bits per heavy atom. The lowest BCUT2D eigenvalue weighted by Gasteiger charge is -2.43. The van der Waals surface area contributed by atoms with Crippen LogP contribution in [0.15, 0.2) is 54.9 Å². The third kappa shape index (κ3) is 4.78. The second-order valence-electron chi connectivity index (χ2n) is 9.48. The number of pyridine rings is 1. The van der Waals surface area contributed by atoms with Crippen molar-refractivity contribution in [2.45, 2.75) is 30.8 Å². The predicted molar refractivity (Wildman–Crippen MR) is 128 cm³/mol. The number of morpholine rings is 1. The summed E-state index contributed by atoms with van der Waals surface area (Å²) in [6.45, 7) is 3.64. The first kappa shape index (κ1) is 23.4. The average molecular weight is 478 g/mol. The minimum Gasteiger partial charge on any atom is -0.379 e. The largest absolute Gasteiger partial charge is 0.379 e. The third-order valence-electron chi connectivity index (χ3n) is 7.44. The summed E-state index contributed by atoms with van der Waals surface area (Å²) in [7, 11) is 0. The number of likely N-dealkylation sites (tertiary alicyclic amines) is 1. The first-order valence-electron chi connectivity index (χ1n) is 12.2. The predicted octanol–water partition coefficient (Wildman–Crippen LogP) is 1.51. The van der Waals surface area contributed by atoms with E-state index in [1.807, 2.05) is 47.4 Å². The van der Waals surface area contributed by atoms with Crippen LogP contribution in [-0.2, 0) is 20.7 Å². The molecule has 0 spiro atoms. The molecule has 1 aromatic heterocycles. The molecule has 184 valence electrons. The van der Waals surface area contributed by atoms with Gasteiger partial charge in [-0.05, 0) is 36.0 Å². The number of hydrogen-bond acceptors (Lipinski definition) is 6. The molecule has 3 aliphatic heterocycles. The molecular weight excluding hydrogens is 446 g/mol. The van der Waals surface area contributed by atoms with Crippen LogP contribution in [-0.4, -0.2) is 77.6 Å². The molecule has 5 rings (SSSR count). The zero-order valence-electron chi connectivity index (χ0n) is 19.7. The van der Waals surface area contributed by atoms with E-state index in [1.54, 1.807) is 12.4 Å². The number of imide groups is 1. The smallest absolute Gasteiger partial charge is 0.322 e. The number of hydrogen-bond donors (Lipinski definition) is 2. The Hall–Kier alpha value is -3.30. The van der Waals surface area contributed by atoms with E-state index >= 15 is 0 Å². The van der Waals surface area contributed by atoms with Gasteiger partial charge in [0.15, 0.2) is 0 Å². The van der Waals surface area contributed by atoms with E-state index in [0.29, 0.717) is 58.7 Å². The highest BCUT2D eigenvalue weighted by Crippen LogP contribution is 2.35. The van der Waals surface area contributed by atoms with Gasteiger partial charge < -0.3 is 15.0 Å². The summed E-state index contributed by atoms with van der Waals surface area (Å²) in [5.41, 5.74) is 0.873. The molecule has 4 amide bonds. The van der Waals surface area contributed by atoms with Crippen molar-refractivity contribution >= 4 is 17.8 Å². The number of amides is 4. The molecule has 0 radical (unpaired) electrons. The zero-order valence-corrected chi connectivity index (χ0v) is 19.7. The fourth-order valence-corrected chi connectivity index (χ4v) is 5.63. The van der Waals surface area contributed by atoms with Gasteiger partial charge in [0.25, 0.3) is 5.91 Å². The van der Waals surface area contributed by atoms with Gasteiger partial charge in [-0.25, -0.2) is 4.79 Å². The summed E-state index contributed by atoms with van der Waals surface area (Å²) >= 11 is 0. The van der Waals surface area contributed by atoms with Crippen molar-refractivity contribution in [1.29, 1.82) is 0 Å². The summed E-state index contributed by atoms with van der Waals surface area (Å²) in [6, 6.07) is 12.7. The Bertz CT molecular complexity index is 1050. The van der Waals surface area contributed by atoms with E-state index in [0.717, 1.165) is 11.1 Å². The van der Waals surface area contributed by atoms with Crippen LogP contribution >= 0.6 is 0 Å². The molecule has 3 aliphatic rings. The number of ether oxygens (including phenoxy) is 1. The number of carbonyl (C=O) groups excluding carboxylic acids is 3. The van der Waals surface area contributed by atoms with Gasteiger partial charge in [0.1, 0.15) is 11.6 Å². The van der Waals surface area contributed by atoms with Crippen LogP contribution in [0.2, 0.25) is 0 Å². The van der Waals surface area contributed by atoms with Gasteiger partial charge in [0.2, 0.25) is 5.91 Å². The maximum absolute atomic E-state index is 13.8. The topological polar surface area (TPSA) is 104 Å². The normalized spacial score (nSPS) is 24.6. The Kier molecular flexibility index (Phi) is 6.79. The molecule has 9 nitrogen and oxygen atoms in total. The minimum atomic E-state index is -0.999. The van der Waals surface area contributed by atoms with Gasteiger partial charge in [-0.15, -0.1) is 0 Å². The summed E-state index contributed by atoms with van der Waals surface area (Å²) in [4.78, 5) is 47.3. The van der Waals surface area contributed by atoms with Crippen LogP contribution in [0.1, 0.15) is 30.0 Å². The minimum absolute atomic E-state index is 0.0513. The molecule has 0 saturated carbocycles. The average Bonchev–Trinajstić information content (AvgIpc) is 3.19. The van der Waals surface area contributed by atoms with Crippen molar-refractivity contribution in [2.75, 3.05) is 39.4 Å². The van der Waals surface area contributed by atoms with Crippen LogP contribution in [0.4, 0.5) is 4.79 Å². The number of benzene rings is 1. The van der Waals surface area contributed by atoms with E-state index in [-0.39, 0.29) is 17.7 Å². The van der Waals surface area contributed by atoms with Crippen LogP contribution in [0.3, 0.4) is 0 Å². The lowest BCUT2D eigenvalue weighted by Crippen LogP contribution is -2.58. The van der Waals surface area contributed by atoms with Gasteiger partial charge in [0.05, 0.1) is 13.2 Å². The van der Waals surface area contributed by atoms with E-state index < -0.39 is 17.6 Å². The number of rotatable bonds is 6. The summed E-state index contributed by atoms with van der Waals surface area (Å²) in [5.74, 6) is -0.300. The van der Waals surface area contributed by atoms with E-state index in [1.165, 1.54) is 0 Å². The van der Waals surface area contributed by atoms with E-state index in [4.69, 9.17) is 4.74 Å².